The lowest BCUT2D eigenvalue weighted by Gasteiger charge is -2.22. The summed E-state index contributed by atoms with van der Waals surface area (Å²) in [6.07, 6.45) is 3.20. The van der Waals surface area contributed by atoms with E-state index in [1.54, 1.807) is 4.90 Å². The fourth-order valence-corrected chi connectivity index (χ4v) is 4.55. The third kappa shape index (κ3) is 4.62. The number of benzene rings is 1. The Balaban J connectivity index is 1.46. The van der Waals surface area contributed by atoms with Gasteiger partial charge in [-0.15, -0.1) is 0 Å². The van der Waals surface area contributed by atoms with Crippen molar-refractivity contribution in [2.75, 3.05) is 41.4 Å². The fourth-order valence-electron chi connectivity index (χ4n) is 4.55. The van der Waals surface area contributed by atoms with E-state index in [0.29, 0.717) is 24.7 Å². The normalized spacial score (nSPS) is 15.6. The molecule has 7 heteroatoms. The van der Waals surface area contributed by atoms with E-state index in [4.69, 9.17) is 9.72 Å². The van der Waals surface area contributed by atoms with E-state index in [-0.39, 0.29) is 6.03 Å². The minimum atomic E-state index is -0.220. The average molecular weight is 444 g/mol. The molecule has 0 spiro atoms. The van der Waals surface area contributed by atoms with Gasteiger partial charge >= 0.3 is 6.03 Å². The van der Waals surface area contributed by atoms with E-state index < -0.39 is 0 Å². The maximum absolute atomic E-state index is 13.3. The van der Waals surface area contributed by atoms with E-state index in [0.717, 1.165) is 47.8 Å². The van der Waals surface area contributed by atoms with Crippen molar-refractivity contribution in [2.45, 2.75) is 33.1 Å². The van der Waals surface area contributed by atoms with Crippen LogP contribution < -0.4 is 19.9 Å². The molecule has 3 aromatic rings. The second-order valence-corrected chi connectivity index (χ2v) is 8.69. The number of hydrogen-bond donors (Lipinski definition) is 1. The quantitative estimate of drug-likeness (QED) is 0.604. The van der Waals surface area contributed by atoms with E-state index in [2.05, 4.69) is 39.5 Å². The number of rotatable bonds is 3. The first-order valence-electron chi connectivity index (χ1n) is 11.6. The molecule has 0 unspecified atom stereocenters. The number of amides is 2. The summed E-state index contributed by atoms with van der Waals surface area (Å²) in [4.78, 5) is 26.7. The number of nitrogens with zero attached hydrogens (tertiary/aromatic N) is 4. The van der Waals surface area contributed by atoms with Crippen LogP contribution >= 0.6 is 0 Å². The van der Waals surface area contributed by atoms with E-state index >= 15 is 0 Å². The molecule has 5 rings (SSSR count). The van der Waals surface area contributed by atoms with Crippen molar-refractivity contribution in [1.82, 2.24) is 9.97 Å². The molecule has 0 bridgehead atoms. The zero-order valence-corrected chi connectivity index (χ0v) is 19.2. The van der Waals surface area contributed by atoms with Gasteiger partial charge in [0.25, 0.3) is 0 Å². The van der Waals surface area contributed by atoms with Crippen molar-refractivity contribution >= 4 is 23.2 Å². The lowest BCUT2D eigenvalue weighted by Crippen LogP contribution is -2.36. The lowest BCUT2D eigenvalue weighted by atomic mass is 10.1. The highest BCUT2D eigenvalue weighted by molar-refractivity contribution is 6.02. The molecule has 4 heterocycles. The molecule has 1 saturated heterocycles. The molecule has 170 valence electrons. The van der Waals surface area contributed by atoms with Crippen LogP contribution in [0.15, 0.2) is 48.5 Å². The summed E-state index contributed by atoms with van der Waals surface area (Å²) in [7, 11) is 0. The van der Waals surface area contributed by atoms with Crippen molar-refractivity contribution in [1.29, 1.82) is 0 Å². The number of fused-ring (bicyclic) bond motifs is 1. The molecule has 0 saturated carbocycles. The smallest absolute Gasteiger partial charge is 0.327 e. The zero-order valence-electron chi connectivity index (χ0n) is 19.2. The van der Waals surface area contributed by atoms with Gasteiger partial charge in [0.15, 0.2) is 11.6 Å². The second-order valence-electron chi connectivity index (χ2n) is 8.69. The predicted molar refractivity (Wildman–Crippen MR) is 131 cm³/mol. The number of hydrogen-bond acceptors (Lipinski definition) is 5. The van der Waals surface area contributed by atoms with Crippen LogP contribution in [0.1, 0.15) is 30.7 Å². The number of aromatic nitrogens is 2. The van der Waals surface area contributed by atoms with Crippen molar-refractivity contribution in [3.8, 4) is 17.0 Å². The van der Waals surface area contributed by atoms with Gasteiger partial charge in [0, 0.05) is 48.0 Å². The fraction of sp³-hybridized carbons (Fsp3) is 0.346. The number of carbonyl (C=O) groups excluding carboxylic acids is 1. The first-order valence-corrected chi connectivity index (χ1v) is 11.6. The van der Waals surface area contributed by atoms with Gasteiger partial charge in [0.1, 0.15) is 0 Å². The number of nitrogens with one attached hydrogen (secondary N) is 1. The van der Waals surface area contributed by atoms with Gasteiger partial charge in [-0.25, -0.2) is 9.78 Å². The third-order valence-electron chi connectivity index (χ3n) is 6.07. The van der Waals surface area contributed by atoms with Gasteiger partial charge in [0.05, 0.1) is 12.3 Å². The zero-order chi connectivity index (χ0) is 22.8. The molecule has 0 radical (unpaired) electrons. The molecular formula is C26H29N5O2. The van der Waals surface area contributed by atoms with Crippen LogP contribution in [0.5, 0.6) is 5.75 Å². The standard InChI is InChI=1S/C26H29N5O2/c1-18-15-21(16-19(2)27-18)28-26(32)31-13-6-14-33-24-10-9-23(29-25(24)31)20-7-5-8-22(17-20)30-11-3-4-12-30/h5,7-10,15-17H,3-4,6,11-14H2,1-2H3,(H,27,28,32). The third-order valence-corrected chi connectivity index (χ3v) is 6.07. The monoisotopic (exact) mass is 443 g/mol. The number of urea groups is 1. The molecule has 2 aliphatic heterocycles. The maximum Gasteiger partial charge on any atom is 0.327 e. The Labute approximate surface area is 194 Å². The number of anilines is 3. The summed E-state index contributed by atoms with van der Waals surface area (Å²) in [6, 6.07) is 15.9. The van der Waals surface area contributed by atoms with Crippen LogP contribution in [0.3, 0.4) is 0 Å². The number of ether oxygens (including phenoxy) is 1. The number of carbonyl (C=O) groups is 1. The highest BCUT2D eigenvalue weighted by Crippen LogP contribution is 2.34. The Kier molecular flexibility index (Phi) is 5.86. The van der Waals surface area contributed by atoms with Crippen molar-refractivity contribution in [2.24, 2.45) is 0 Å². The molecule has 1 aromatic carbocycles. The van der Waals surface area contributed by atoms with Gasteiger partial charge in [-0.05, 0) is 69.5 Å². The Morgan fingerprint density at radius 2 is 1.73 bits per heavy atom. The van der Waals surface area contributed by atoms with Gasteiger partial charge in [-0.3, -0.25) is 9.88 Å². The molecule has 7 nitrogen and oxygen atoms in total. The molecular weight excluding hydrogens is 414 g/mol. The molecule has 2 aliphatic rings. The van der Waals surface area contributed by atoms with Crippen molar-refractivity contribution < 1.29 is 9.53 Å². The molecule has 0 atom stereocenters. The molecule has 1 N–H and O–H groups in total. The molecule has 0 aliphatic carbocycles. The predicted octanol–water partition coefficient (Wildman–Crippen LogP) is 5.18. The van der Waals surface area contributed by atoms with Crippen LogP contribution in [-0.4, -0.2) is 42.2 Å². The number of pyridine rings is 2. The molecule has 2 amide bonds. The van der Waals surface area contributed by atoms with Crippen molar-refractivity contribution in [3.05, 3.63) is 59.9 Å². The summed E-state index contributed by atoms with van der Waals surface area (Å²) in [5.74, 6) is 1.18. The Bertz CT molecular complexity index is 1150. The van der Waals surface area contributed by atoms with Gasteiger partial charge in [0.2, 0.25) is 0 Å². The average Bonchev–Trinajstić information content (AvgIpc) is 3.25. The van der Waals surface area contributed by atoms with Crippen LogP contribution in [-0.2, 0) is 0 Å². The number of aryl methyl sites for hydroxylation is 2. The maximum atomic E-state index is 13.3. The Morgan fingerprint density at radius 3 is 2.52 bits per heavy atom. The lowest BCUT2D eigenvalue weighted by molar-refractivity contribution is 0.256. The second kappa shape index (κ2) is 9.10. The van der Waals surface area contributed by atoms with Gasteiger partial charge < -0.3 is 15.0 Å². The van der Waals surface area contributed by atoms with Crippen molar-refractivity contribution in [3.63, 3.8) is 0 Å². The first kappa shape index (κ1) is 21.2. The van der Waals surface area contributed by atoms with Gasteiger partial charge in [-0.1, -0.05) is 12.1 Å². The summed E-state index contributed by atoms with van der Waals surface area (Å²) < 4.78 is 5.91. The topological polar surface area (TPSA) is 70.6 Å². The van der Waals surface area contributed by atoms with Crippen LogP contribution in [0.2, 0.25) is 0 Å². The van der Waals surface area contributed by atoms with E-state index in [1.165, 1.54) is 18.5 Å². The van der Waals surface area contributed by atoms with Gasteiger partial charge in [-0.2, -0.15) is 0 Å². The highest BCUT2D eigenvalue weighted by atomic mass is 16.5. The summed E-state index contributed by atoms with van der Waals surface area (Å²) in [5.41, 5.74) is 5.54. The minimum absolute atomic E-state index is 0.220. The summed E-state index contributed by atoms with van der Waals surface area (Å²) in [5, 5.41) is 3.01. The van der Waals surface area contributed by atoms with E-state index in [9.17, 15) is 4.79 Å². The highest BCUT2D eigenvalue weighted by Gasteiger charge is 2.25. The summed E-state index contributed by atoms with van der Waals surface area (Å²) >= 11 is 0. The van der Waals surface area contributed by atoms with E-state index in [1.807, 2.05) is 38.1 Å². The summed E-state index contributed by atoms with van der Waals surface area (Å²) in [6.45, 7) is 7.11. The molecule has 33 heavy (non-hydrogen) atoms. The minimum Gasteiger partial charge on any atom is -0.490 e. The SMILES string of the molecule is Cc1cc(NC(=O)N2CCCOc3ccc(-c4cccc(N5CCCC5)c4)nc32)cc(C)n1. The Morgan fingerprint density at radius 1 is 0.939 bits per heavy atom. The Hall–Kier alpha value is -3.61. The molecule has 2 aromatic heterocycles. The first-order chi connectivity index (χ1) is 16.1. The van der Waals surface area contributed by atoms with Crippen LogP contribution in [0.25, 0.3) is 11.3 Å². The largest absolute Gasteiger partial charge is 0.490 e. The molecule has 1 fully saturated rings. The van der Waals surface area contributed by atoms with Crippen LogP contribution in [0.4, 0.5) is 22.0 Å². The van der Waals surface area contributed by atoms with Crippen LogP contribution in [0, 0.1) is 13.8 Å².